The number of piperazine rings is 1. The molecule has 2 aromatic carbocycles. The maximum atomic E-state index is 5.23. The molecule has 1 saturated heterocycles. The Balaban J connectivity index is 1.46. The molecule has 0 atom stereocenters. The van der Waals surface area contributed by atoms with Crippen molar-refractivity contribution in [3.8, 4) is 5.75 Å². The van der Waals surface area contributed by atoms with Gasteiger partial charge in [-0.05, 0) is 42.7 Å². The zero-order valence-electron chi connectivity index (χ0n) is 14.7. The molecule has 0 aliphatic carbocycles. The van der Waals surface area contributed by atoms with Crippen LogP contribution >= 0.6 is 11.8 Å². The lowest BCUT2D eigenvalue weighted by Crippen LogP contribution is -3.27. The van der Waals surface area contributed by atoms with Crippen molar-refractivity contribution in [2.45, 2.75) is 18.0 Å². The standard InChI is InChI=1S/C20H26N2OS/c1-23-19-7-3-17(4-8-19)15-21-11-13-22(14-12-21)16-18-5-9-20(24-2)10-6-18/h3-10H,11-16H2,1-2H3/p+2. The van der Waals surface area contributed by atoms with Crippen LogP contribution in [0.3, 0.4) is 0 Å². The van der Waals surface area contributed by atoms with E-state index < -0.39 is 0 Å². The van der Waals surface area contributed by atoms with Gasteiger partial charge in [-0.25, -0.2) is 0 Å². The van der Waals surface area contributed by atoms with Crippen molar-refractivity contribution in [1.29, 1.82) is 0 Å². The molecule has 1 heterocycles. The fourth-order valence-electron chi connectivity index (χ4n) is 3.37. The molecule has 2 aromatic rings. The molecule has 3 nitrogen and oxygen atoms in total. The predicted molar refractivity (Wildman–Crippen MR) is 100 cm³/mol. The van der Waals surface area contributed by atoms with Crippen molar-refractivity contribution in [2.75, 3.05) is 39.5 Å². The second-order valence-corrected chi connectivity index (χ2v) is 7.43. The molecule has 3 rings (SSSR count). The first-order valence-corrected chi connectivity index (χ1v) is 9.92. The van der Waals surface area contributed by atoms with Gasteiger partial charge in [-0.2, -0.15) is 0 Å². The summed E-state index contributed by atoms with van der Waals surface area (Å²) in [6.45, 7) is 7.31. The smallest absolute Gasteiger partial charge is 0.127 e. The van der Waals surface area contributed by atoms with Crippen LogP contribution in [-0.2, 0) is 13.1 Å². The minimum Gasteiger partial charge on any atom is -0.497 e. The zero-order valence-corrected chi connectivity index (χ0v) is 15.5. The maximum absolute atomic E-state index is 5.23. The van der Waals surface area contributed by atoms with Gasteiger partial charge in [0.2, 0.25) is 0 Å². The van der Waals surface area contributed by atoms with Gasteiger partial charge in [0, 0.05) is 16.0 Å². The van der Waals surface area contributed by atoms with Crippen LogP contribution in [0.25, 0.3) is 0 Å². The molecule has 24 heavy (non-hydrogen) atoms. The predicted octanol–water partition coefficient (Wildman–Crippen LogP) is 0.901. The molecule has 0 spiro atoms. The van der Waals surface area contributed by atoms with E-state index in [4.69, 9.17) is 4.74 Å². The Labute approximate surface area is 149 Å². The Kier molecular flexibility index (Phi) is 6.18. The van der Waals surface area contributed by atoms with Crippen LogP contribution in [0.1, 0.15) is 11.1 Å². The van der Waals surface area contributed by atoms with Gasteiger partial charge in [0.05, 0.1) is 7.11 Å². The quantitative estimate of drug-likeness (QED) is 0.759. The number of hydrogen-bond donors (Lipinski definition) is 2. The molecular formula is C20H28N2OS+2. The molecule has 1 fully saturated rings. The number of quaternary nitrogens is 2. The van der Waals surface area contributed by atoms with E-state index in [-0.39, 0.29) is 0 Å². The second-order valence-electron chi connectivity index (χ2n) is 6.55. The van der Waals surface area contributed by atoms with Gasteiger partial charge in [0.15, 0.2) is 0 Å². The van der Waals surface area contributed by atoms with Gasteiger partial charge < -0.3 is 14.5 Å². The second kappa shape index (κ2) is 8.56. The molecule has 0 bridgehead atoms. The summed E-state index contributed by atoms with van der Waals surface area (Å²) >= 11 is 1.81. The molecule has 1 aliphatic heterocycles. The highest BCUT2D eigenvalue weighted by Crippen LogP contribution is 2.14. The Morgan fingerprint density at radius 2 is 1.25 bits per heavy atom. The highest BCUT2D eigenvalue weighted by molar-refractivity contribution is 7.98. The summed E-state index contributed by atoms with van der Waals surface area (Å²) in [7, 11) is 1.72. The summed E-state index contributed by atoms with van der Waals surface area (Å²) in [6, 6.07) is 17.6. The van der Waals surface area contributed by atoms with E-state index in [1.807, 2.05) is 11.8 Å². The molecule has 0 radical (unpaired) electrons. The summed E-state index contributed by atoms with van der Waals surface area (Å²) in [6.07, 6.45) is 2.13. The Bertz CT molecular complexity index is 562. The maximum Gasteiger partial charge on any atom is 0.127 e. The zero-order chi connectivity index (χ0) is 16.8. The van der Waals surface area contributed by atoms with Crippen molar-refractivity contribution in [2.24, 2.45) is 0 Å². The summed E-state index contributed by atoms with van der Waals surface area (Å²) in [5, 5.41) is 0. The van der Waals surface area contributed by atoms with Crippen molar-refractivity contribution in [3.63, 3.8) is 0 Å². The normalized spacial score (nSPS) is 20.8. The average molecular weight is 345 g/mol. The van der Waals surface area contributed by atoms with Crippen LogP contribution in [-0.4, -0.2) is 39.5 Å². The third-order valence-electron chi connectivity index (χ3n) is 4.89. The molecule has 4 heteroatoms. The van der Waals surface area contributed by atoms with E-state index in [9.17, 15) is 0 Å². The topological polar surface area (TPSA) is 18.1 Å². The van der Waals surface area contributed by atoms with E-state index in [1.54, 1.807) is 16.9 Å². The lowest BCUT2D eigenvalue weighted by atomic mass is 10.1. The largest absolute Gasteiger partial charge is 0.497 e. The van der Waals surface area contributed by atoms with E-state index in [1.165, 1.54) is 42.2 Å². The van der Waals surface area contributed by atoms with Crippen molar-refractivity contribution < 1.29 is 14.5 Å². The number of nitrogens with one attached hydrogen (secondary N) is 2. The molecule has 0 amide bonds. The number of methoxy groups -OCH3 is 1. The van der Waals surface area contributed by atoms with E-state index in [2.05, 4.69) is 54.8 Å². The highest BCUT2D eigenvalue weighted by atomic mass is 32.2. The number of hydrogen-bond acceptors (Lipinski definition) is 2. The van der Waals surface area contributed by atoms with Gasteiger partial charge in [0.25, 0.3) is 0 Å². The number of rotatable bonds is 6. The Morgan fingerprint density at radius 1 is 0.792 bits per heavy atom. The molecule has 128 valence electrons. The lowest BCUT2D eigenvalue weighted by Gasteiger charge is -2.29. The highest BCUT2D eigenvalue weighted by Gasteiger charge is 2.23. The SMILES string of the molecule is COc1ccc(C[NH+]2CC[NH+](Cc3ccc(SC)cc3)CC2)cc1. The summed E-state index contributed by atoms with van der Waals surface area (Å²) in [5.41, 5.74) is 2.86. The van der Waals surface area contributed by atoms with Crippen LogP contribution in [0.2, 0.25) is 0 Å². The third-order valence-corrected chi connectivity index (χ3v) is 5.63. The third kappa shape index (κ3) is 4.76. The van der Waals surface area contributed by atoms with Crippen LogP contribution in [0.4, 0.5) is 0 Å². The first kappa shape index (κ1) is 17.3. The van der Waals surface area contributed by atoms with Crippen molar-refractivity contribution in [1.82, 2.24) is 0 Å². The number of ether oxygens (including phenoxy) is 1. The van der Waals surface area contributed by atoms with Gasteiger partial charge in [0.1, 0.15) is 45.0 Å². The molecule has 1 aliphatic rings. The van der Waals surface area contributed by atoms with E-state index in [0.29, 0.717) is 0 Å². The first-order valence-electron chi connectivity index (χ1n) is 8.70. The molecule has 2 N–H and O–H groups in total. The molecule has 0 aromatic heterocycles. The van der Waals surface area contributed by atoms with Gasteiger partial charge in [-0.3, -0.25) is 0 Å². The fourth-order valence-corrected chi connectivity index (χ4v) is 3.78. The van der Waals surface area contributed by atoms with Crippen LogP contribution in [0.15, 0.2) is 53.4 Å². The van der Waals surface area contributed by atoms with E-state index >= 15 is 0 Å². The Morgan fingerprint density at radius 3 is 1.67 bits per heavy atom. The molecule has 0 unspecified atom stereocenters. The van der Waals surface area contributed by atoms with Gasteiger partial charge in [-0.15, -0.1) is 11.8 Å². The summed E-state index contributed by atoms with van der Waals surface area (Å²) in [5.74, 6) is 0.940. The van der Waals surface area contributed by atoms with E-state index in [0.717, 1.165) is 18.8 Å². The minimum absolute atomic E-state index is 0.940. The number of thioether (sulfide) groups is 1. The van der Waals surface area contributed by atoms with Crippen LogP contribution in [0.5, 0.6) is 5.75 Å². The summed E-state index contributed by atoms with van der Waals surface area (Å²) in [4.78, 5) is 4.76. The average Bonchev–Trinajstić information content (AvgIpc) is 2.65. The first-order chi connectivity index (χ1) is 11.8. The van der Waals surface area contributed by atoms with Crippen LogP contribution in [0, 0.1) is 0 Å². The minimum atomic E-state index is 0.940. The summed E-state index contributed by atoms with van der Waals surface area (Å²) < 4.78 is 5.23. The molecular weight excluding hydrogens is 316 g/mol. The van der Waals surface area contributed by atoms with Crippen molar-refractivity contribution in [3.05, 3.63) is 59.7 Å². The van der Waals surface area contributed by atoms with Crippen molar-refractivity contribution >= 4 is 11.8 Å². The lowest BCUT2D eigenvalue weighted by molar-refractivity contribution is -1.02. The fraction of sp³-hybridized carbons (Fsp3) is 0.400. The number of benzene rings is 2. The molecule has 0 saturated carbocycles. The van der Waals surface area contributed by atoms with Gasteiger partial charge in [-0.1, -0.05) is 12.1 Å². The van der Waals surface area contributed by atoms with Gasteiger partial charge >= 0.3 is 0 Å². The van der Waals surface area contributed by atoms with Crippen LogP contribution < -0.4 is 14.5 Å². The Hall–Kier alpha value is -1.49. The monoisotopic (exact) mass is 344 g/mol.